The van der Waals surface area contributed by atoms with Crippen LogP contribution in [0.25, 0.3) is 0 Å². The van der Waals surface area contributed by atoms with Crippen LogP contribution in [0, 0.1) is 17.8 Å². The zero-order chi connectivity index (χ0) is 14.5. The van der Waals surface area contributed by atoms with E-state index in [4.69, 9.17) is 5.11 Å². The molecule has 20 heavy (non-hydrogen) atoms. The minimum Gasteiger partial charge on any atom is -0.384 e. The van der Waals surface area contributed by atoms with E-state index >= 15 is 0 Å². The van der Waals surface area contributed by atoms with E-state index in [0.29, 0.717) is 16.4 Å². The number of piperidine rings is 1. The van der Waals surface area contributed by atoms with Crippen LogP contribution in [0.1, 0.15) is 28.6 Å². The van der Waals surface area contributed by atoms with Gasteiger partial charge in [0.05, 0.1) is 0 Å². The van der Waals surface area contributed by atoms with Crippen molar-refractivity contribution in [2.45, 2.75) is 19.4 Å². The average molecular weight is 292 g/mol. The third kappa shape index (κ3) is 3.60. The van der Waals surface area contributed by atoms with Crippen LogP contribution in [-0.2, 0) is 0 Å². The van der Waals surface area contributed by atoms with E-state index in [2.05, 4.69) is 36.0 Å². The maximum absolute atomic E-state index is 12.3. The van der Waals surface area contributed by atoms with Crippen molar-refractivity contribution in [3.63, 3.8) is 0 Å². The molecule has 1 aromatic heterocycles. The molecule has 2 rings (SSSR count). The monoisotopic (exact) mass is 292 g/mol. The first-order valence-electron chi connectivity index (χ1n) is 6.78. The number of hydrogen-bond donors (Lipinski definition) is 2. The maximum atomic E-state index is 12.3. The molecule has 108 valence electrons. The molecule has 1 aromatic rings. The predicted molar refractivity (Wildman–Crippen MR) is 80.8 cm³/mol. The summed E-state index contributed by atoms with van der Waals surface area (Å²) < 4.78 is 0. The van der Waals surface area contributed by atoms with Crippen LogP contribution in [0.5, 0.6) is 0 Å². The Morgan fingerprint density at radius 3 is 3.15 bits per heavy atom. The molecule has 1 aliphatic heterocycles. The predicted octanol–water partition coefficient (Wildman–Crippen LogP) is 1.16. The van der Waals surface area contributed by atoms with E-state index in [0.717, 1.165) is 19.5 Å². The molecular weight excluding hydrogens is 272 g/mol. The topological polar surface area (TPSA) is 52.6 Å². The van der Waals surface area contributed by atoms with Crippen LogP contribution in [0.15, 0.2) is 11.4 Å². The highest BCUT2D eigenvalue weighted by Crippen LogP contribution is 2.19. The largest absolute Gasteiger partial charge is 0.384 e. The molecule has 2 atom stereocenters. The molecule has 0 spiro atoms. The van der Waals surface area contributed by atoms with Crippen LogP contribution >= 0.6 is 11.3 Å². The van der Waals surface area contributed by atoms with Crippen LogP contribution in [0.2, 0.25) is 0 Å². The van der Waals surface area contributed by atoms with Crippen molar-refractivity contribution in [3.8, 4) is 11.8 Å². The van der Waals surface area contributed by atoms with Gasteiger partial charge in [-0.05, 0) is 37.4 Å². The van der Waals surface area contributed by atoms with Crippen molar-refractivity contribution < 1.29 is 9.90 Å². The van der Waals surface area contributed by atoms with Gasteiger partial charge in [0, 0.05) is 18.2 Å². The summed E-state index contributed by atoms with van der Waals surface area (Å²) in [5.41, 5.74) is 0.696. The third-order valence-electron chi connectivity index (χ3n) is 3.60. The third-order valence-corrected chi connectivity index (χ3v) is 4.51. The Kier molecular flexibility index (Phi) is 5.18. The van der Waals surface area contributed by atoms with Gasteiger partial charge in [-0.3, -0.25) is 4.79 Å². The average Bonchev–Trinajstić information content (AvgIpc) is 2.88. The summed E-state index contributed by atoms with van der Waals surface area (Å²) in [4.78, 5) is 15.3. The summed E-state index contributed by atoms with van der Waals surface area (Å²) in [6, 6.07) is 2.04. The number of aliphatic hydroxyl groups excluding tert-OH is 1. The molecule has 5 heteroatoms. The number of thiophene rings is 1. The Labute approximate surface area is 123 Å². The summed E-state index contributed by atoms with van der Waals surface area (Å²) in [6.45, 7) is 3.99. The number of aliphatic hydroxyl groups is 1. The van der Waals surface area contributed by atoms with Gasteiger partial charge in [0.15, 0.2) is 0 Å². The Bertz CT molecular complexity index is 529. The summed E-state index contributed by atoms with van der Waals surface area (Å²) in [5, 5.41) is 13.7. The fourth-order valence-electron chi connectivity index (χ4n) is 2.52. The number of amides is 1. The highest BCUT2D eigenvalue weighted by atomic mass is 32.1. The molecule has 2 N–H and O–H groups in total. The maximum Gasteiger partial charge on any atom is 0.262 e. The SMILES string of the molecule is CC1CN(C)CCC1NC(=O)c1sccc1C#CCO. The minimum atomic E-state index is -0.192. The number of rotatable bonds is 2. The number of hydrogen-bond acceptors (Lipinski definition) is 4. The van der Waals surface area contributed by atoms with Crippen molar-refractivity contribution >= 4 is 17.2 Å². The second-order valence-corrected chi connectivity index (χ2v) is 6.15. The lowest BCUT2D eigenvalue weighted by Gasteiger charge is -2.35. The second-order valence-electron chi connectivity index (χ2n) is 5.23. The minimum absolute atomic E-state index is 0.0522. The highest BCUT2D eigenvalue weighted by Gasteiger charge is 2.26. The molecule has 0 aliphatic carbocycles. The molecule has 1 aliphatic rings. The molecule has 2 unspecified atom stereocenters. The van der Waals surface area contributed by atoms with Gasteiger partial charge in [-0.25, -0.2) is 0 Å². The van der Waals surface area contributed by atoms with E-state index in [1.165, 1.54) is 11.3 Å². The Hall–Kier alpha value is -1.35. The fraction of sp³-hybridized carbons (Fsp3) is 0.533. The Balaban J connectivity index is 2.03. The number of likely N-dealkylation sites (tertiary alicyclic amines) is 1. The lowest BCUT2D eigenvalue weighted by atomic mass is 9.94. The number of nitrogens with zero attached hydrogens (tertiary/aromatic N) is 1. The lowest BCUT2D eigenvalue weighted by Crippen LogP contribution is -2.48. The fourth-order valence-corrected chi connectivity index (χ4v) is 3.27. The molecular formula is C15H20N2O2S. The zero-order valence-corrected chi connectivity index (χ0v) is 12.7. The molecule has 0 bridgehead atoms. The van der Waals surface area contributed by atoms with Gasteiger partial charge in [-0.15, -0.1) is 11.3 Å². The van der Waals surface area contributed by atoms with Crippen molar-refractivity contribution in [2.24, 2.45) is 5.92 Å². The van der Waals surface area contributed by atoms with Crippen LogP contribution < -0.4 is 5.32 Å². The van der Waals surface area contributed by atoms with Gasteiger partial charge < -0.3 is 15.3 Å². The highest BCUT2D eigenvalue weighted by molar-refractivity contribution is 7.12. The molecule has 1 amide bonds. The zero-order valence-electron chi connectivity index (χ0n) is 11.8. The van der Waals surface area contributed by atoms with Crippen molar-refractivity contribution in [2.75, 3.05) is 26.7 Å². The van der Waals surface area contributed by atoms with Gasteiger partial charge in [-0.2, -0.15) is 0 Å². The summed E-state index contributed by atoms with van der Waals surface area (Å²) in [5.74, 6) is 5.81. The van der Waals surface area contributed by atoms with E-state index in [-0.39, 0.29) is 18.6 Å². The van der Waals surface area contributed by atoms with E-state index < -0.39 is 0 Å². The molecule has 1 saturated heterocycles. The molecule has 4 nitrogen and oxygen atoms in total. The van der Waals surface area contributed by atoms with Gasteiger partial charge in [0.2, 0.25) is 0 Å². The van der Waals surface area contributed by atoms with Crippen molar-refractivity contribution in [1.82, 2.24) is 10.2 Å². The van der Waals surface area contributed by atoms with Crippen molar-refractivity contribution in [1.29, 1.82) is 0 Å². The van der Waals surface area contributed by atoms with Gasteiger partial charge in [0.1, 0.15) is 11.5 Å². The summed E-state index contributed by atoms with van der Waals surface area (Å²) in [7, 11) is 2.11. The first-order valence-corrected chi connectivity index (χ1v) is 7.66. The molecule has 2 heterocycles. The summed E-state index contributed by atoms with van der Waals surface area (Å²) >= 11 is 1.39. The number of carbonyl (C=O) groups excluding carboxylic acids is 1. The van der Waals surface area contributed by atoms with Crippen LogP contribution in [0.3, 0.4) is 0 Å². The number of carbonyl (C=O) groups is 1. The standard InChI is InChI=1S/C15H20N2O2S/c1-11-10-17(2)7-5-13(11)16-15(19)14-12(4-3-8-18)6-9-20-14/h6,9,11,13,18H,5,7-8,10H2,1-2H3,(H,16,19). The second kappa shape index (κ2) is 6.89. The molecule has 0 radical (unpaired) electrons. The molecule has 0 aromatic carbocycles. The smallest absolute Gasteiger partial charge is 0.262 e. The normalized spacial score (nSPS) is 22.9. The molecule has 0 saturated carbocycles. The van der Waals surface area contributed by atoms with Crippen LogP contribution in [-0.4, -0.2) is 48.7 Å². The Morgan fingerprint density at radius 2 is 2.45 bits per heavy atom. The first kappa shape index (κ1) is 15.0. The Morgan fingerprint density at radius 1 is 1.65 bits per heavy atom. The van der Waals surface area contributed by atoms with E-state index in [1.54, 1.807) is 0 Å². The molecule has 1 fully saturated rings. The van der Waals surface area contributed by atoms with E-state index in [9.17, 15) is 4.79 Å². The first-order chi connectivity index (χ1) is 9.61. The summed E-state index contributed by atoms with van der Waals surface area (Å²) in [6.07, 6.45) is 0.979. The van der Waals surface area contributed by atoms with Crippen LogP contribution in [0.4, 0.5) is 0 Å². The van der Waals surface area contributed by atoms with Crippen molar-refractivity contribution in [3.05, 3.63) is 21.9 Å². The van der Waals surface area contributed by atoms with E-state index in [1.807, 2.05) is 11.4 Å². The van der Waals surface area contributed by atoms with Gasteiger partial charge in [-0.1, -0.05) is 18.8 Å². The quantitative estimate of drug-likeness (QED) is 0.804. The number of nitrogens with one attached hydrogen (secondary N) is 1. The van der Waals surface area contributed by atoms with Gasteiger partial charge >= 0.3 is 0 Å². The lowest BCUT2D eigenvalue weighted by molar-refractivity contribution is 0.0887. The van der Waals surface area contributed by atoms with Gasteiger partial charge in [0.25, 0.3) is 5.91 Å².